The molecule has 2 aliphatic rings. The van der Waals surface area contributed by atoms with Crippen molar-refractivity contribution >= 4 is 29.3 Å². The Morgan fingerprint density at radius 3 is 2.67 bits per heavy atom. The average molecular weight is 351 g/mol. The highest BCUT2D eigenvalue weighted by Crippen LogP contribution is 2.36. The summed E-state index contributed by atoms with van der Waals surface area (Å²) < 4.78 is 4.55. The lowest BCUT2D eigenvalue weighted by Gasteiger charge is -2.41. The predicted molar refractivity (Wildman–Crippen MR) is 93.4 cm³/mol. The van der Waals surface area contributed by atoms with Crippen LogP contribution in [0.2, 0.25) is 5.02 Å². The molecule has 1 aromatic carbocycles. The smallest absolute Gasteiger partial charge is 0.411 e. The van der Waals surface area contributed by atoms with Gasteiger partial charge >= 0.3 is 6.09 Å². The van der Waals surface area contributed by atoms with E-state index in [0.29, 0.717) is 22.2 Å². The van der Waals surface area contributed by atoms with Crippen molar-refractivity contribution in [2.75, 3.05) is 25.5 Å². The monoisotopic (exact) mass is 350 g/mol. The number of likely N-dealkylation sites (tertiary alicyclic amines) is 1. The number of hydrogen-bond acceptors (Lipinski definition) is 3. The van der Waals surface area contributed by atoms with Gasteiger partial charge in [0, 0.05) is 18.8 Å². The Kier molecular flexibility index (Phi) is 5.29. The lowest BCUT2D eigenvalue weighted by atomic mass is 9.75. The quantitative estimate of drug-likeness (QED) is 0.870. The first-order chi connectivity index (χ1) is 11.6. The molecule has 5 nitrogen and oxygen atoms in total. The summed E-state index contributed by atoms with van der Waals surface area (Å²) in [5, 5.41) is 2.89. The van der Waals surface area contributed by atoms with Gasteiger partial charge < -0.3 is 9.64 Å². The second-order valence-corrected chi connectivity index (χ2v) is 7.06. The molecule has 24 heavy (non-hydrogen) atoms. The van der Waals surface area contributed by atoms with Crippen LogP contribution in [0.1, 0.15) is 42.5 Å². The third kappa shape index (κ3) is 3.66. The first kappa shape index (κ1) is 17.1. The van der Waals surface area contributed by atoms with Gasteiger partial charge in [0.1, 0.15) is 0 Å². The van der Waals surface area contributed by atoms with Crippen LogP contribution in [0.5, 0.6) is 0 Å². The van der Waals surface area contributed by atoms with Gasteiger partial charge in [-0.05, 0) is 42.9 Å². The van der Waals surface area contributed by atoms with Crippen molar-refractivity contribution in [3.63, 3.8) is 0 Å². The third-order valence-electron chi connectivity index (χ3n) is 5.21. The summed E-state index contributed by atoms with van der Waals surface area (Å²) >= 11 is 6.27. The molecule has 0 radical (unpaired) electrons. The topological polar surface area (TPSA) is 58.6 Å². The highest BCUT2D eigenvalue weighted by atomic mass is 35.5. The number of methoxy groups -OCH3 is 1. The van der Waals surface area contributed by atoms with E-state index in [9.17, 15) is 9.59 Å². The fourth-order valence-electron chi connectivity index (χ4n) is 3.89. The number of fused-ring (bicyclic) bond motifs is 1. The Morgan fingerprint density at radius 1 is 1.21 bits per heavy atom. The van der Waals surface area contributed by atoms with E-state index in [4.69, 9.17) is 11.6 Å². The molecule has 130 valence electrons. The number of benzene rings is 1. The number of carbonyl (C=O) groups excluding carboxylic acids is 2. The highest BCUT2D eigenvalue weighted by molar-refractivity contribution is 6.34. The number of nitrogens with zero attached hydrogens (tertiary/aromatic N) is 1. The maximum absolute atomic E-state index is 12.8. The van der Waals surface area contributed by atoms with Crippen LogP contribution in [0.25, 0.3) is 0 Å². The van der Waals surface area contributed by atoms with Gasteiger partial charge in [0.15, 0.2) is 0 Å². The normalized spacial score (nSPS) is 23.3. The molecule has 6 heteroatoms. The second kappa shape index (κ2) is 7.43. The molecule has 0 bridgehead atoms. The molecule has 0 unspecified atom stereocenters. The first-order valence-electron chi connectivity index (χ1n) is 8.52. The highest BCUT2D eigenvalue weighted by Gasteiger charge is 2.33. The van der Waals surface area contributed by atoms with Crippen LogP contribution in [0.15, 0.2) is 18.2 Å². The largest absolute Gasteiger partial charge is 0.453 e. The summed E-state index contributed by atoms with van der Waals surface area (Å²) in [5.74, 6) is 1.40. The van der Waals surface area contributed by atoms with Crippen molar-refractivity contribution < 1.29 is 14.3 Å². The van der Waals surface area contributed by atoms with Crippen LogP contribution < -0.4 is 5.32 Å². The summed E-state index contributed by atoms with van der Waals surface area (Å²) in [4.78, 5) is 26.0. The van der Waals surface area contributed by atoms with E-state index in [1.54, 1.807) is 18.2 Å². The molecule has 1 aliphatic heterocycles. The van der Waals surface area contributed by atoms with Crippen LogP contribution in [0.3, 0.4) is 0 Å². The molecule has 3 rings (SSSR count). The molecule has 1 saturated carbocycles. The molecule has 0 aromatic heterocycles. The van der Waals surface area contributed by atoms with E-state index in [2.05, 4.69) is 10.1 Å². The van der Waals surface area contributed by atoms with Crippen molar-refractivity contribution in [1.82, 2.24) is 4.90 Å². The van der Waals surface area contributed by atoms with E-state index in [1.165, 1.54) is 32.8 Å². The predicted octanol–water partition coefficient (Wildman–Crippen LogP) is 4.17. The van der Waals surface area contributed by atoms with E-state index in [1.807, 2.05) is 4.90 Å². The lowest BCUT2D eigenvalue weighted by molar-refractivity contribution is 0.0521. The molecule has 1 saturated heterocycles. The molecular formula is C18H23ClN2O3. The number of carbonyl (C=O) groups is 2. The van der Waals surface area contributed by atoms with Gasteiger partial charge in [-0.25, -0.2) is 4.79 Å². The Hall–Kier alpha value is -1.75. The molecule has 2 fully saturated rings. The summed E-state index contributed by atoms with van der Waals surface area (Å²) in [6.45, 7) is 1.64. The summed E-state index contributed by atoms with van der Waals surface area (Å²) in [6, 6.07) is 4.92. The zero-order valence-electron chi connectivity index (χ0n) is 13.9. The minimum Gasteiger partial charge on any atom is -0.453 e. The minimum absolute atomic E-state index is 0.0198. The molecule has 1 aromatic rings. The van der Waals surface area contributed by atoms with Gasteiger partial charge in [0.2, 0.25) is 0 Å². The molecule has 0 spiro atoms. The molecule has 2 amide bonds. The van der Waals surface area contributed by atoms with E-state index < -0.39 is 6.09 Å². The van der Waals surface area contributed by atoms with Crippen molar-refractivity contribution in [2.24, 2.45) is 11.8 Å². The maximum atomic E-state index is 12.8. The number of halogens is 1. The standard InChI is InChI=1S/C18H23ClN2O3/c1-24-18(23)20-14-6-7-15(16(19)10-14)17(22)21-9-8-12-4-2-3-5-13(12)11-21/h6-7,10,12-13H,2-5,8-9,11H2,1H3,(H,20,23)/t12-,13+/m1/s1. The Labute approximate surface area is 147 Å². The van der Waals surface area contributed by atoms with Crippen LogP contribution >= 0.6 is 11.6 Å². The fraction of sp³-hybridized carbons (Fsp3) is 0.556. The number of nitrogens with one attached hydrogen (secondary N) is 1. The zero-order valence-corrected chi connectivity index (χ0v) is 14.6. The van der Waals surface area contributed by atoms with Gasteiger partial charge in [-0.3, -0.25) is 10.1 Å². The van der Waals surface area contributed by atoms with Crippen LogP contribution in [-0.4, -0.2) is 37.1 Å². The first-order valence-corrected chi connectivity index (χ1v) is 8.90. The van der Waals surface area contributed by atoms with Crippen LogP contribution in [0.4, 0.5) is 10.5 Å². The minimum atomic E-state index is -0.565. The van der Waals surface area contributed by atoms with Crippen molar-refractivity contribution in [3.05, 3.63) is 28.8 Å². The molecule has 2 atom stereocenters. The Bertz CT molecular complexity index is 635. The zero-order chi connectivity index (χ0) is 17.1. The van der Waals surface area contributed by atoms with Gasteiger partial charge in [0.05, 0.1) is 17.7 Å². The summed E-state index contributed by atoms with van der Waals surface area (Å²) in [5.41, 5.74) is 0.996. The van der Waals surface area contributed by atoms with Crippen LogP contribution in [-0.2, 0) is 4.74 Å². The second-order valence-electron chi connectivity index (χ2n) is 6.66. The van der Waals surface area contributed by atoms with Crippen molar-refractivity contribution in [1.29, 1.82) is 0 Å². The third-order valence-corrected chi connectivity index (χ3v) is 5.52. The van der Waals surface area contributed by atoms with Crippen molar-refractivity contribution in [2.45, 2.75) is 32.1 Å². The van der Waals surface area contributed by atoms with Gasteiger partial charge in [-0.2, -0.15) is 0 Å². The number of hydrogen-bond donors (Lipinski definition) is 1. The molecule has 1 heterocycles. The lowest BCUT2D eigenvalue weighted by Crippen LogP contribution is -2.44. The number of ether oxygens (including phenoxy) is 1. The number of rotatable bonds is 2. The maximum Gasteiger partial charge on any atom is 0.411 e. The SMILES string of the molecule is COC(=O)Nc1ccc(C(=O)N2CC[C@H]3CCCC[C@H]3C2)c(Cl)c1. The summed E-state index contributed by atoms with van der Waals surface area (Å²) in [6.07, 6.45) is 5.67. The van der Waals surface area contributed by atoms with Gasteiger partial charge in [-0.15, -0.1) is 0 Å². The van der Waals surface area contributed by atoms with Gasteiger partial charge in [0.25, 0.3) is 5.91 Å². The molecule has 1 aliphatic carbocycles. The Morgan fingerprint density at radius 2 is 1.96 bits per heavy atom. The Balaban J connectivity index is 1.69. The number of anilines is 1. The van der Waals surface area contributed by atoms with Gasteiger partial charge in [-0.1, -0.05) is 30.9 Å². The molecular weight excluding hydrogens is 328 g/mol. The van der Waals surface area contributed by atoms with E-state index in [0.717, 1.165) is 25.4 Å². The van der Waals surface area contributed by atoms with E-state index in [-0.39, 0.29) is 5.91 Å². The average Bonchev–Trinajstić information content (AvgIpc) is 2.60. The fourth-order valence-corrected chi connectivity index (χ4v) is 4.15. The summed E-state index contributed by atoms with van der Waals surface area (Å²) in [7, 11) is 1.30. The number of amides is 2. The number of piperidine rings is 1. The van der Waals surface area contributed by atoms with E-state index >= 15 is 0 Å². The molecule has 1 N–H and O–H groups in total. The van der Waals surface area contributed by atoms with Crippen molar-refractivity contribution in [3.8, 4) is 0 Å². The van der Waals surface area contributed by atoms with Crippen LogP contribution in [0, 0.1) is 11.8 Å².